The zero-order valence-electron chi connectivity index (χ0n) is 11.6. The molecule has 1 aromatic rings. The minimum atomic E-state index is -3.37. The van der Waals surface area contributed by atoms with Gasteiger partial charge in [0.05, 0.1) is 4.90 Å². The first kappa shape index (κ1) is 16.1. The molecule has 0 bridgehead atoms. The molecule has 0 aromatic heterocycles. The molecule has 0 spiro atoms. The molecule has 20 heavy (non-hydrogen) atoms. The molecular formula is C14H20ClNO2S2. The van der Waals surface area contributed by atoms with Gasteiger partial charge in [0.15, 0.2) is 0 Å². The van der Waals surface area contributed by atoms with Crippen LogP contribution in [0.15, 0.2) is 29.2 Å². The van der Waals surface area contributed by atoms with E-state index in [4.69, 9.17) is 11.6 Å². The molecule has 1 atom stereocenters. The zero-order valence-corrected chi connectivity index (χ0v) is 14.0. The van der Waals surface area contributed by atoms with Gasteiger partial charge in [-0.25, -0.2) is 8.42 Å². The summed E-state index contributed by atoms with van der Waals surface area (Å²) in [7, 11) is -1.68. The molecule has 0 amide bonds. The lowest BCUT2D eigenvalue weighted by atomic mass is 10.1. The standard InChI is InChI=1S/C14H20ClNO2S2/c1-16(13-8-10-19-11-13)20(17,18)14-6-4-12(5-7-14)3-2-9-15/h4-7,13H,2-3,8-11H2,1H3. The lowest BCUT2D eigenvalue weighted by Gasteiger charge is -2.23. The van der Waals surface area contributed by atoms with Gasteiger partial charge in [0.2, 0.25) is 10.0 Å². The quantitative estimate of drug-likeness (QED) is 0.751. The third-order valence-corrected chi connectivity index (χ3v) is 6.96. The fourth-order valence-corrected chi connectivity index (χ4v) is 5.15. The molecule has 1 fully saturated rings. The number of halogens is 1. The Hall–Kier alpha value is -0.230. The Morgan fingerprint density at radius 2 is 2.05 bits per heavy atom. The average Bonchev–Trinajstić information content (AvgIpc) is 2.98. The second-order valence-electron chi connectivity index (χ2n) is 4.98. The molecule has 1 saturated heterocycles. The first-order chi connectivity index (χ1) is 9.55. The van der Waals surface area contributed by atoms with Gasteiger partial charge in [0, 0.05) is 24.7 Å². The summed E-state index contributed by atoms with van der Waals surface area (Å²) in [5.74, 6) is 2.56. The van der Waals surface area contributed by atoms with Crippen LogP contribution in [0.4, 0.5) is 0 Å². The lowest BCUT2D eigenvalue weighted by Crippen LogP contribution is -2.36. The van der Waals surface area contributed by atoms with Crippen LogP contribution in [0, 0.1) is 0 Å². The summed E-state index contributed by atoms with van der Waals surface area (Å²) < 4.78 is 26.6. The number of hydrogen-bond acceptors (Lipinski definition) is 3. The van der Waals surface area contributed by atoms with Crippen LogP contribution in [0.3, 0.4) is 0 Å². The summed E-state index contributed by atoms with van der Waals surface area (Å²) in [5, 5.41) is 0. The van der Waals surface area contributed by atoms with Gasteiger partial charge in [-0.3, -0.25) is 0 Å². The molecule has 1 unspecified atom stereocenters. The third-order valence-electron chi connectivity index (χ3n) is 3.62. The number of thioether (sulfide) groups is 1. The fraction of sp³-hybridized carbons (Fsp3) is 0.571. The van der Waals surface area contributed by atoms with Gasteiger partial charge in [-0.05, 0) is 42.7 Å². The van der Waals surface area contributed by atoms with Crippen LogP contribution in [0.1, 0.15) is 18.4 Å². The van der Waals surface area contributed by atoms with Gasteiger partial charge in [-0.15, -0.1) is 11.6 Å². The monoisotopic (exact) mass is 333 g/mol. The Kier molecular flexibility index (Phi) is 5.78. The van der Waals surface area contributed by atoms with E-state index in [2.05, 4.69) is 0 Å². The molecule has 0 radical (unpaired) electrons. The predicted octanol–water partition coefficient (Wildman–Crippen LogP) is 2.98. The number of sulfonamides is 1. The third kappa shape index (κ3) is 3.70. The summed E-state index contributed by atoms with van der Waals surface area (Å²) in [6, 6.07) is 7.31. The molecule has 1 aliphatic rings. The SMILES string of the molecule is CN(C1CCSC1)S(=O)(=O)c1ccc(CCCCl)cc1. The second kappa shape index (κ2) is 7.16. The predicted molar refractivity (Wildman–Crippen MR) is 86.2 cm³/mol. The van der Waals surface area contributed by atoms with E-state index in [1.807, 2.05) is 23.9 Å². The molecule has 1 heterocycles. The summed E-state index contributed by atoms with van der Waals surface area (Å²) in [6.07, 6.45) is 2.74. The highest BCUT2D eigenvalue weighted by Crippen LogP contribution is 2.26. The van der Waals surface area contributed by atoms with Crippen LogP contribution < -0.4 is 0 Å². The summed E-state index contributed by atoms with van der Waals surface area (Å²) in [5.41, 5.74) is 1.13. The summed E-state index contributed by atoms with van der Waals surface area (Å²) >= 11 is 7.48. The minimum absolute atomic E-state index is 0.126. The van der Waals surface area contributed by atoms with Crippen LogP contribution >= 0.6 is 23.4 Å². The minimum Gasteiger partial charge on any atom is -0.207 e. The second-order valence-corrected chi connectivity index (χ2v) is 8.50. The van der Waals surface area contributed by atoms with Gasteiger partial charge in [0.25, 0.3) is 0 Å². The van der Waals surface area contributed by atoms with E-state index in [9.17, 15) is 8.42 Å². The van der Waals surface area contributed by atoms with Crippen LogP contribution in [0.5, 0.6) is 0 Å². The number of alkyl halides is 1. The van der Waals surface area contributed by atoms with Crippen molar-refractivity contribution in [1.29, 1.82) is 0 Å². The van der Waals surface area contributed by atoms with E-state index in [0.717, 1.165) is 36.3 Å². The molecular weight excluding hydrogens is 314 g/mol. The van der Waals surface area contributed by atoms with E-state index in [1.54, 1.807) is 19.2 Å². The van der Waals surface area contributed by atoms with E-state index in [0.29, 0.717) is 10.8 Å². The molecule has 2 rings (SSSR count). The smallest absolute Gasteiger partial charge is 0.207 e. The number of nitrogens with zero attached hydrogens (tertiary/aromatic N) is 1. The highest BCUT2D eigenvalue weighted by atomic mass is 35.5. The van der Waals surface area contributed by atoms with Crippen LogP contribution in [0.25, 0.3) is 0 Å². The topological polar surface area (TPSA) is 37.4 Å². The Balaban J connectivity index is 2.12. The van der Waals surface area contributed by atoms with Crippen molar-refractivity contribution in [3.63, 3.8) is 0 Å². The number of aryl methyl sites for hydroxylation is 1. The first-order valence-corrected chi connectivity index (χ1v) is 9.89. The molecule has 0 N–H and O–H groups in total. The van der Waals surface area contributed by atoms with Crippen molar-refractivity contribution in [2.24, 2.45) is 0 Å². The maximum Gasteiger partial charge on any atom is 0.243 e. The maximum atomic E-state index is 12.5. The Labute approximate surface area is 130 Å². The normalized spacial score (nSPS) is 19.6. The lowest BCUT2D eigenvalue weighted by molar-refractivity contribution is 0.394. The maximum absolute atomic E-state index is 12.5. The highest BCUT2D eigenvalue weighted by Gasteiger charge is 2.30. The molecule has 0 saturated carbocycles. The number of rotatable bonds is 6. The van der Waals surface area contributed by atoms with Gasteiger partial charge >= 0.3 is 0 Å². The van der Waals surface area contributed by atoms with E-state index >= 15 is 0 Å². The van der Waals surface area contributed by atoms with Crippen molar-refractivity contribution in [3.8, 4) is 0 Å². The largest absolute Gasteiger partial charge is 0.243 e. The number of benzene rings is 1. The highest BCUT2D eigenvalue weighted by molar-refractivity contribution is 7.99. The molecule has 112 valence electrons. The van der Waals surface area contributed by atoms with Crippen molar-refractivity contribution in [2.75, 3.05) is 24.4 Å². The van der Waals surface area contributed by atoms with Crippen molar-refractivity contribution in [1.82, 2.24) is 4.31 Å². The van der Waals surface area contributed by atoms with Crippen molar-refractivity contribution >= 4 is 33.4 Å². The Bertz CT molecular complexity index is 525. The van der Waals surface area contributed by atoms with Crippen molar-refractivity contribution < 1.29 is 8.42 Å². The first-order valence-electron chi connectivity index (χ1n) is 6.76. The fourth-order valence-electron chi connectivity index (χ4n) is 2.27. The van der Waals surface area contributed by atoms with Crippen molar-refractivity contribution in [3.05, 3.63) is 29.8 Å². The Morgan fingerprint density at radius 1 is 1.35 bits per heavy atom. The zero-order chi connectivity index (χ0) is 14.6. The van der Waals surface area contributed by atoms with Gasteiger partial charge in [-0.2, -0.15) is 16.1 Å². The summed E-state index contributed by atoms with van der Waals surface area (Å²) in [4.78, 5) is 0.381. The van der Waals surface area contributed by atoms with Crippen LogP contribution in [-0.4, -0.2) is 43.2 Å². The molecule has 1 aliphatic heterocycles. The number of hydrogen-bond donors (Lipinski definition) is 0. The average molecular weight is 334 g/mol. The van der Waals surface area contributed by atoms with Gasteiger partial charge < -0.3 is 0 Å². The molecule has 1 aromatic carbocycles. The summed E-state index contributed by atoms with van der Waals surface area (Å²) in [6.45, 7) is 0. The van der Waals surface area contributed by atoms with E-state index in [1.165, 1.54) is 4.31 Å². The van der Waals surface area contributed by atoms with Crippen molar-refractivity contribution in [2.45, 2.75) is 30.2 Å². The van der Waals surface area contributed by atoms with Gasteiger partial charge in [-0.1, -0.05) is 12.1 Å². The molecule has 6 heteroatoms. The van der Waals surface area contributed by atoms with Crippen LogP contribution in [-0.2, 0) is 16.4 Å². The molecule has 0 aliphatic carbocycles. The van der Waals surface area contributed by atoms with Gasteiger partial charge in [0.1, 0.15) is 0 Å². The van der Waals surface area contributed by atoms with E-state index in [-0.39, 0.29) is 6.04 Å². The Morgan fingerprint density at radius 3 is 2.60 bits per heavy atom. The molecule has 3 nitrogen and oxygen atoms in total. The van der Waals surface area contributed by atoms with Crippen LogP contribution in [0.2, 0.25) is 0 Å². The van der Waals surface area contributed by atoms with E-state index < -0.39 is 10.0 Å².